The van der Waals surface area contributed by atoms with E-state index in [1.807, 2.05) is 49.4 Å². The first-order chi connectivity index (χ1) is 14.0. The summed E-state index contributed by atoms with van der Waals surface area (Å²) in [6.07, 6.45) is 4.36. The van der Waals surface area contributed by atoms with Crippen LogP contribution in [-0.2, 0) is 0 Å². The zero-order valence-electron chi connectivity index (χ0n) is 17.2. The minimum absolute atomic E-state index is 0.0486. The summed E-state index contributed by atoms with van der Waals surface area (Å²) >= 11 is 0. The van der Waals surface area contributed by atoms with Crippen LogP contribution in [0.4, 0.5) is 11.4 Å². The molecule has 1 aliphatic carbocycles. The Labute approximate surface area is 172 Å². The Morgan fingerprint density at radius 1 is 0.931 bits per heavy atom. The van der Waals surface area contributed by atoms with Gasteiger partial charge in [-0.05, 0) is 68.9 Å². The van der Waals surface area contributed by atoms with Gasteiger partial charge in [0.1, 0.15) is 0 Å². The first-order valence-corrected chi connectivity index (χ1v) is 10.6. The third-order valence-electron chi connectivity index (χ3n) is 5.85. The van der Waals surface area contributed by atoms with Gasteiger partial charge in [0.25, 0.3) is 11.8 Å². The molecule has 2 aromatic carbocycles. The first-order valence-electron chi connectivity index (χ1n) is 10.6. The van der Waals surface area contributed by atoms with E-state index in [0.717, 1.165) is 55.9 Å². The Kier molecular flexibility index (Phi) is 5.56. The Morgan fingerprint density at radius 2 is 1.62 bits per heavy atom. The van der Waals surface area contributed by atoms with Crippen LogP contribution in [0.1, 0.15) is 58.9 Å². The van der Waals surface area contributed by atoms with Crippen molar-refractivity contribution in [3.05, 3.63) is 59.2 Å². The highest BCUT2D eigenvalue weighted by Gasteiger charge is 2.27. The number of hydrogen-bond acceptors (Lipinski definition) is 3. The highest BCUT2D eigenvalue weighted by molar-refractivity contribution is 6.06. The zero-order valence-corrected chi connectivity index (χ0v) is 17.2. The van der Waals surface area contributed by atoms with E-state index < -0.39 is 0 Å². The highest BCUT2D eigenvalue weighted by Crippen LogP contribution is 2.30. The lowest BCUT2D eigenvalue weighted by molar-refractivity contribution is 0.0950. The molecular weight excluding hydrogens is 362 g/mol. The monoisotopic (exact) mass is 391 g/mol. The lowest BCUT2D eigenvalue weighted by atomic mass is 9.97. The molecule has 1 saturated heterocycles. The maximum Gasteiger partial charge on any atom is 0.255 e. The van der Waals surface area contributed by atoms with Crippen molar-refractivity contribution in [1.29, 1.82) is 0 Å². The predicted molar refractivity (Wildman–Crippen MR) is 117 cm³/mol. The molecule has 2 aliphatic rings. The summed E-state index contributed by atoms with van der Waals surface area (Å²) in [6.45, 7) is 6.19. The molecule has 0 bridgehead atoms. The summed E-state index contributed by atoms with van der Waals surface area (Å²) in [5, 5.41) is 6.04. The normalized spacial score (nSPS) is 17.1. The van der Waals surface area contributed by atoms with Crippen LogP contribution >= 0.6 is 0 Å². The quantitative estimate of drug-likeness (QED) is 0.795. The molecule has 4 rings (SSSR count). The number of carbonyl (C=O) groups excluding carboxylic acids is 2. The molecular formula is C24H29N3O2. The molecule has 1 heterocycles. The summed E-state index contributed by atoms with van der Waals surface area (Å²) < 4.78 is 0. The van der Waals surface area contributed by atoms with Gasteiger partial charge in [-0.1, -0.05) is 24.6 Å². The molecule has 0 aromatic heterocycles. The second-order valence-corrected chi connectivity index (χ2v) is 8.47. The van der Waals surface area contributed by atoms with Crippen molar-refractivity contribution in [2.75, 3.05) is 23.3 Å². The summed E-state index contributed by atoms with van der Waals surface area (Å²) in [4.78, 5) is 27.8. The molecule has 0 atom stereocenters. The largest absolute Gasteiger partial charge is 0.371 e. The molecule has 152 valence electrons. The van der Waals surface area contributed by atoms with Gasteiger partial charge in [-0.2, -0.15) is 0 Å². The number of rotatable bonds is 5. The van der Waals surface area contributed by atoms with Crippen LogP contribution in [0.2, 0.25) is 0 Å². The topological polar surface area (TPSA) is 61.4 Å². The molecule has 1 saturated carbocycles. The summed E-state index contributed by atoms with van der Waals surface area (Å²) in [5.41, 5.74) is 3.97. The van der Waals surface area contributed by atoms with Crippen LogP contribution in [0.5, 0.6) is 0 Å². The van der Waals surface area contributed by atoms with Crippen LogP contribution in [-0.4, -0.2) is 30.9 Å². The number of aryl methyl sites for hydroxylation is 1. The third kappa shape index (κ3) is 4.78. The molecule has 0 radical (unpaired) electrons. The van der Waals surface area contributed by atoms with Crippen LogP contribution in [0.25, 0.3) is 0 Å². The minimum atomic E-state index is -0.168. The van der Waals surface area contributed by atoms with Crippen LogP contribution in [0.3, 0.4) is 0 Å². The molecule has 1 aliphatic heterocycles. The Bertz CT molecular complexity index is 895. The van der Waals surface area contributed by atoms with E-state index in [1.165, 1.54) is 0 Å². The van der Waals surface area contributed by atoms with E-state index in [1.54, 1.807) is 0 Å². The first kappa shape index (κ1) is 19.5. The number of amides is 2. The molecule has 2 amide bonds. The van der Waals surface area contributed by atoms with Gasteiger partial charge in [0, 0.05) is 36.1 Å². The standard InChI is InChI=1S/C24H29N3O2/c1-16-3-5-18(6-4-16)23(28)26-20-9-10-22(27-13-11-17(2)12-14-27)21(15-20)24(29)25-19-7-8-19/h3-6,9-10,15,17,19H,7-8,11-14H2,1-2H3,(H,25,29)(H,26,28). The molecule has 5 nitrogen and oxygen atoms in total. The number of hydrogen-bond donors (Lipinski definition) is 2. The van der Waals surface area contributed by atoms with E-state index >= 15 is 0 Å². The average molecular weight is 392 g/mol. The number of nitrogens with one attached hydrogen (secondary N) is 2. The highest BCUT2D eigenvalue weighted by atomic mass is 16.2. The van der Waals surface area contributed by atoms with Crippen molar-refractivity contribution in [2.24, 2.45) is 5.92 Å². The van der Waals surface area contributed by atoms with Crippen molar-refractivity contribution in [3.8, 4) is 0 Å². The minimum Gasteiger partial charge on any atom is -0.371 e. The molecule has 2 aromatic rings. The fourth-order valence-electron chi connectivity index (χ4n) is 3.72. The predicted octanol–water partition coefficient (Wildman–Crippen LogP) is 4.38. The Morgan fingerprint density at radius 3 is 2.28 bits per heavy atom. The van der Waals surface area contributed by atoms with E-state index in [9.17, 15) is 9.59 Å². The lowest BCUT2D eigenvalue weighted by Crippen LogP contribution is -2.35. The van der Waals surface area contributed by atoms with E-state index in [0.29, 0.717) is 22.9 Å². The molecule has 0 unspecified atom stereocenters. The fraction of sp³-hybridized carbons (Fsp3) is 0.417. The average Bonchev–Trinajstić information content (AvgIpc) is 3.53. The SMILES string of the molecule is Cc1ccc(C(=O)Nc2ccc(N3CCC(C)CC3)c(C(=O)NC3CC3)c2)cc1. The summed E-state index contributed by atoms with van der Waals surface area (Å²) in [6, 6.07) is 13.5. The maximum absolute atomic E-state index is 12.9. The van der Waals surface area contributed by atoms with Crippen LogP contribution in [0, 0.1) is 12.8 Å². The van der Waals surface area contributed by atoms with Crippen molar-refractivity contribution in [1.82, 2.24) is 5.32 Å². The van der Waals surface area contributed by atoms with Gasteiger partial charge in [0.2, 0.25) is 0 Å². The van der Waals surface area contributed by atoms with Crippen molar-refractivity contribution < 1.29 is 9.59 Å². The number of carbonyl (C=O) groups is 2. The van der Waals surface area contributed by atoms with Gasteiger partial charge in [-0.15, -0.1) is 0 Å². The second kappa shape index (κ2) is 8.27. The van der Waals surface area contributed by atoms with Gasteiger partial charge < -0.3 is 15.5 Å². The molecule has 2 fully saturated rings. The number of nitrogens with zero attached hydrogens (tertiary/aromatic N) is 1. The summed E-state index contributed by atoms with van der Waals surface area (Å²) in [7, 11) is 0. The molecule has 29 heavy (non-hydrogen) atoms. The number of piperidine rings is 1. The van der Waals surface area contributed by atoms with Gasteiger partial charge >= 0.3 is 0 Å². The van der Waals surface area contributed by atoms with Gasteiger partial charge in [-0.25, -0.2) is 0 Å². The number of benzene rings is 2. The Balaban J connectivity index is 1.57. The van der Waals surface area contributed by atoms with E-state index in [2.05, 4.69) is 22.5 Å². The zero-order chi connectivity index (χ0) is 20.4. The van der Waals surface area contributed by atoms with Crippen molar-refractivity contribution >= 4 is 23.2 Å². The molecule has 5 heteroatoms. The van der Waals surface area contributed by atoms with Gasteiger partial charge in [-0.3, -0.25) is 9.59 Å². The smallest absolute Gasteiger partial charge is 0.255 e. The lowest BCUT2D eigenvalue weighted by Gasteiger charge is -2.33. The fourth-order valence-corrected chi connectivity index (χ4v) is 3.72. The van der Waals surface area contributed by atoms with Crippen molar-refractivity contribution in [3.63, 3.8) is 0 Å². The maximum atomic E-state index is 12.9. The Hall–Kier alpha value is -2.82. The van der Waals surface area contributed by atoms with Crippen LogP contribution < -0.4 is 15.5 Å². The van der Waals surface area contributed by atoms with E-state index in [4.69, 9.17) is 0 Å². The van der Waals surface area contributed by atoms with E-state index in [-0.39, 0.29) is 11.8 Å². The molecule has 2 N–H and O–H groups in total. The molecule has 0 spiro atoms. The summed E-state index contributed by atoms with van der Waals surface area (Å²) in [5.74, 6) is 0.508. The van der Waals surface area contributed by atoms with Gasteiger partial charge in [0.15, 0.2) is 0 Å². The third-order valence-corrected chi connectivity index (χ3v) is 5.85. The number of anilines is 2. The van der Waals surface area contributed by atoms with Crippen LogP contribution in [0.15, 0.2) is 42.5 Å². The van der Waals surface area contributed by atoms with Crippen molar-refractivity contribution in [2.45, 2.75) is 45.6 Å². The second-order valence-electron chi connectivity index (χ2n) is 8.47. The van der Waals surface area contributed by atoms with Gasteiger partial charge in [0.05, 0.1) is 5.56 Å².